The summed E-state index contributed by atoms with van der Waals surface area (Å²) in [7, 11) is 0. The van der Waals surface area contributed by atoms with E-state index >= 15 is 0 Å². The lowest BCUT2D eigenvalue weighted by Gasteiger charge is -2.25. The smallest absolute Gasteiger partial charge is 0.153 e. The molecule has 0 fully saturated rings. The maximum Gasteiger partial charge on any atom is 0.153 e. The third kappa shape index (κ3) is 6.74. The van der Waals surface area contributed by atoms with Crippen molar-refractivity contribution in [2.75, 3.05) is 0 Å². The van der Waals surface area contributed by atoms with Gasteiger partial charge in [0.15, 0.2) is 11.8 Å². The van der Waals surface area contributed by atoms with Crippen LogP contribution in [-0.4, -0.2) is 11.4 Å². The molecule has 50 heavy (non-hydrogen) atoms. The fraction of sp³-hybridized carbons (Fsp3) is 0.0952. The van der Waals surface area contributed by atoms with E-state index in [-0.39, 0.29) is 0 Å². The molecule has 0 aliphatic heterocycles. The molecule has 0 aromatic heterocycles. The molecule has 0 amide bonds. The molecule has 0 saturated heterocycles. The molecule has 0 heterocycles. The van der Waals surface area contributed by atoms with Gasteiger partial charge in [-0.2, -0.15) is 31.6 Å². The molecule has 2 atom stereocenters. The third-order valence-corrected chi connectivity index (χ3v) is 8.30. The minimum Gasteiger partial charge on any atom is -0.248 e. The van der Waals surface area contributed by atoms with E-state index in [0.717, 1.165) is 22.3 Å². The fourth-order valence-electron chi connectivity index (χ4n) is 5.71. The molecule has 0 spiro atoms. The zero-order valence-corrected chi connectivity index (χ0v) is 26.7. The van der Waals surface area contributed by atoms with Crippen molar-refractivity contribution in [1.29, 1.82) is 31.6 Å². The second-order valence-electron chi connectivity index (χ2n) is 11.2. The normalized spacial score (nSPS) is 16.7. The van der Waals surface area contributed by atoms with Gasteiger partial charge < -0.3 is 0 Å². The molecule has 0 radical (unpaired) electrons. The summed E-state index contributed by atoms with van der Waals surface area (Å²) in [4.78, 5) is 9.61. The molecule has 0 bridgehead atoms. The fourth-order valence-corrected chi connectivity index (χ4v) is 5.71. The van der Waals surface area contributed by atoms with Crippen LogP contribution in [0.1, 0.15) is 11.1 Å². The van der Waals surface area contributed by atoms with Gasteiger partial charge in [0.05, 0.1) is 59.2 Å². The van der Waals surface area contributed by atoms with Gasteiger partial charge in [-0.25, -0.2) is 9.98 Å². The van der Waals surface area contributed by atoms with E-state index < -0.39 is 23.7 Å². The molecule has 0 N–H and O–H groups in total. The Morgan fingerprint density at radius 1 is 0.440 bits per heavy atom. The predicted molar refractivity (Wildman–Crippen MR) is 192 cm³/mol. The maximum atomic E-state index is 9.99. The van der Waals surface area contributed by atoms with E-state index in [9.17, 15) is 31.6 Å². The monoisotopic (exact) mass is 642 g/mol. The van der Waals surface area contributed by atoms with Crippen LogP contribution >= 0.6 is 0 Å². The SMILES string of the molecule is C=C1C(c2ccc(C3=CC=C(C(C#N)C(C#N)C#N)C(=Nc4ccccc4)C3=C)cc2)=CC=C(C(C#N)C(C#N)C#N)C1=Nc1ccccc1. The number of aliphatic imine (C=N–C) groups is 2. The maximum absolute atomic E-state index is 9.99. The molecule has 5 rings (SSSR count). The summed E-state index contributed by atoms with van der Waals surface area (Å²) in [5.74, 6) is -4.44. The molecule has 3 aromatic rings. The quantitative estimate of drug-likeness (QED) is 0.238. The zero-order valence-electron chi connectivity index (χ0n) is 26.7. The van der Waals surface area contributed by atoms with Gasteiger partial charge >= 0.3 is 0 Å². The van der Waals surface area contributed by atoms with Crippen molar-refractivity contribution in [3.63, 3.8) is 0 Å². The van der Waals surface area contributed by atoms with Crippen LogP contribution in [0.3, 0.4) is 0 Å². The van der Waals surface area contributed by atoms with Crippen LogP contribution in [0.5, 0.6) is 0 Å². The van der Waals surface area contributed by atoms with Gasteiger partial charge in [0.25, 0.3) is 0 Å². The molecule has 0 saturated carbocycles. The lowest BCUT2D eigenvalue weighted by atomic mass is 9.77. The zero-order chi connectivity index (χ0) is 35.6. The standard InChI is InChI=1S/C42H26N8/c1-27-35(17-19-37(39(25-47)31(21-43)22-44)41(27)49-33-9-5-3-6-10-33)29-13-15-30(16-14-29)36-18-20-38(40(26-48)32(23-45)24-46)42(28(36)2)50-34-11-7-4-8-12-34/h3-20,31-32,39-40H,1-2H2. The van der Waals surface area contributed by atoms with Gasteiger partial charge in [0.2, 0.25) is 0 Å². The van der Waals surface area contributed by atoms with Crippen molar-refractivity contribution in [2.45, 2.75) is 0 Å². The van der Waals surface area contributed by atoms with Gasteiger partial charge in [0, 0.05) is 11.1 Å². The molecule has 234 valence electrons. The van der Waals surface area contributed by atoms with Crippen LogP contribution in [0, 0.1) is 91.7 Å². The first-order valence-corrected chi connectivity index (χ1v) is 15.4. The van der Waals surface area contributed by atoms with Crippen LogP contribution in [0.25, 0.3) is 11.1 Å². The van der Waals surface area contributed by atoms with Gasteiger partial charge in [-0.1, -0.05) is 98.1 Å². The van der Waals surface area contributed by atoms with Crippen LogP contribution < -0.4 is 0 Å². The van der Waals surface area contributed by atoms with E-state index in [4.69, 9.17) is 9.98 Å². The Morgan fingerprint density at radius 2 is 0.780 bits per heavy atom. The van der Waals surface area contributed by atoms with Crippen molar-refractivity contribution in [3.8, 4) is 36.4 Å². The highest BCUT2D eigenvalue weighted by molar-refractivity contribution is 6.25. The predicted octanol–water partition coefficient (Wildman–Crippen LogP) is 8.60. The number of benzene rings is 3. The first kappa shape index (κ1) is 33.7. The van der Waals surface area contributed by atoms with Gasteiger partial charge in [0.1, 0.15) is 11.8 Å². The summed E-state index contributed by atoms with van der Waals surface area (Å²) in [5.41, 5.74) is 7.17. The Bertz CT molecular complexity index is 2120. The average Bonchev–Trinajstić information content (AvgIpc) is 3.15. The minimum atomic E-state index is -1.19. The Hall–Kier alpha value is -7.62. The Kier molecular flexibility index (Phi) is 10.3. The summed E-state index contributed by atoms with van der Waals surface area (Å²) in [6, 6.07) is 38.0. The molecule has 2 aliphatic rings. The summed E-state index contributed by atoms with van der Waals surface area (Å²) in [5, 5.41) is 58.3. The number of nitrogens with zero attached hydrogens (tertiary/aromatic N) is 8. The van der Waals surface area contributed by atoms with Crippen molar-refractivity contribution in [2.24, 2.45) is 33.7 Å². The van der Waals surface area contributed by atoms with Crippen molar-refractivity contribution in [1.82, 2.24) is 0 Å². The van der Waals surface area contributed by atoms with Crippen molar-refractivity contribution in [3.05, 3.63) is 156 Å². The van der Waals surface area contributed by atoms with Crippen LogP contribution in [0.15, 0.2) is 155 Å². The molecule has 2 aliphatic carbocycles. The Balaban J connectivity index is 1.56. The molecule has 8 heteroatoms. The second-order valence-corrected chi connectivity index (χ2v) is 11.2. The van der Waals surface area contributed by atoms with Crippen LogP contribution in [-0.2, 0) is 0 Å². The summed E-state index contributed by atoms with van der Waals surface area (Å²) >= 11 is 0. The molecule has 8 nitrogen and oxygen atoms in total. The summed E-state index contributed by atoms with van der Waals surface area (Å²) in [6.07, 6.45) is 7.07. The van der Waals surface area contributed by atoms with Crippen LogP contribution in [0.2, 0.25) is 0 Å². The van der Waals surface area contributed by atoms with Gasteiger partial charge in [-0.15, -0.1) is 0 Å². The van der Waals surface area contributed by atoms with E-state index in [2.05, 4.69) is 25.3 Å². The highest BCUT2D eigenvalue weighted by Crippen LogP contribution is 2.38. The number of nitriles is 6. The second kappa shape index (κ2) is 15.3. The van der Waals surface area contributed by atoms with Crippen molar-refractivity contribution < 1.29 is 0 Å². The molecule has 3 aromatic carbocycles. The first-order chi connectivity index (χ1) is 24.4. The largest absolute Gasteiger partial charge is 0.248 e. The molecular weight excluding hydrogens is 617 g/mol. The number of hydrogen-bond acceptors (Lipinski definition) is 8. The highest BCUT2D eigenvalue weighted by atomic mass is 14.8. The highest BCUT2D eigenvalue weighted by Gasteiger charge is 2.33. The number of rotatable bonds is 8. The molecule has 2 unspecified atom stereocenters. The lowest BCUT2D eigenvalue weighted by Crippen LogP contribution is -2.22. The first-order valence-electron chi connectivity index (χ1n) is 15.4. The van der Waals surface area contributed by atoms with E-state index in [1.807, 2.05) is 121 Å². The topological polar surface area (TPSA) is 167 Å². The van der Waals surface area contributed by atoms with Crippen molar-refractivity contribution >= 4 is 33.9 Å². The van der Waals surface area contributed by atoms with E-state index in [0.29, 0.717) is 45.1 Å². The third-order valence-electron chi connectivity index (χ3n) is 8.30. The Morgan fingerprint density at radius 3 is 1.08 bits per heavy atom. The summed E-state index contributed by atoms with van der Waals surface area (Å²) < 4.78 is 0. The average molecular weight is 643 g/mol. The van der Waals surface area contributed by atoms with E-state index in [1.165, 1.54) is 0 Å². The van der Waals surface area contributed by atoms with Gasteiger partial charge in [-0.05, 0) is 57.7 Å². The van der Waals surface area contributed by atoms with Gasteiger partial charge in [-0.3, -0.25) is 0 Å². The van der Waals surface area contributed by atoms with E-state index in [1.54, 1.807) is 12.2 Å². The number of hydrogen-bond donors (Lipinski definition) is 0. The summed E-state index contributed by atoms with van der Waals surface area (Å²) in [6.45, 7) is 8.65. The molecular formula is C42H26N8. The minimum absolute atomic E-state index is 0.419. The number of allylic oxidation sites excluding steroid dienone is 10. The van der Waals surface area contributed by atoms with Crippen LogP contribution in [0.4, 0.5) is 11.4 Å². The Labute approximate surface area is 290 Å². The lowest BCUT2D eigenvalue weighted by molar-refractivity contribution is 0.695. The number of para-hydroxylation sites is 2.